The molecule has 1 aliphatic carbocycles. The van der Waals surface area contributed by atoms with E-state index in [0.29, 0.717) is 29.2 Å². The van der Waals surface area contributed by atoms with Crippen LogP contribution in [0.1, 0.15) is 66.2 Å². The number of carbonyl (C=O) groups is 2. The summed E-state index contributed by atoms with van der Waals surface area (Å²) < 4.78 is 6.50. The Morgan fingerprint density at radius 2 is 1.86 bits per heavy atom. The predicted octanol–water partition coefficient (Wildman–Crippen LogP) is 5.55. The number of halogens is 1. The van der Waals surface area contributed by atoms with E-state index >= 15 is 0 Å². The van der Waals surface area contributed by atoms with Crippen LogP contribution in [0.25, 0.3) is 0 Å². The Balaban J connectivity index is 1.70. The number of benzene rings is 2. The van der Waals surface area contributed by atoms with Crippen LogP contribution < -0.4 is 15.4 Å². The van der Waals surface area contributed by atoms with E-state index in [0.717, 1.165) is 36.6 Å². The molecule has 3 rings (SSSR count). The zero-order valence-corrected chi connectivity index (χ0v) is 18.3. The lowest BCUT2D eigenvalue weighted by atomic mass is 9.95. The van der Waals surface area contributed by atoms with Crippen molar-refractivity contribution >= 4 is 33.4 Å². The second-order valence-corrected chi connectivity index (χ2v) is 8.25. The predicted molar refractivity (Wildman–Crippen MR) is 119 cm³/mol. The average Bonchev–Trinajstić information content (AvgIpc) is 2.73. The molecule has 0 saturated heterocycles. The van der Waals surface area contributed by atoms with Crippen molar-refractivity contribution in [3.63, 3.8) is 0 Å². The maximum absolute atomic E-state index is 12.8. The van der Waals surface area contributed by atoms with Gasteiger partial charge in [-0.3, -0.25) is 9.59 Å². The fourth-order valence-corrected chi connectivity index (χ4v) is 3.83. The number of amides is 2. The number of hydrogen-bond donors (Lipinski definition) is 2. The fraction of sp³-hybridized carbons (Fsp3) is 0.391. The second-order valence-electron chi connectivity index (χ2n) is 7.33. The molecule has 0 unspecified atom stereocenters. The van der Waals surface area contributed by atoms with Gasteiger partial charge in [-0.1, -0.05) is 48.2 Å². The van der Waals surface area contributed by atoms with Gasteiger partial charge in [0.1, 0.15) is 5.75 Å². The molecule has 0 bridgehead atoms. The molecule has 2 N–H and O–H groups in total. The molecule has 0 spiro atoms. The van der Waals surface area contributed by atoms with Crippen LogP contribution in [0.15, 0.2) is 46.9 Å². The van der Waals surface area contributed by atoms with E-state index in [1.165, 1.54) is 6.42 Å². The van der Waals surface area contributed by atoms with Gasteiger partial charge in [0.2, 0.25) is 0 Å². The smallest absolute Gasteiger partial charge is 0.259 e. The Morgan fingerprint density at radius 1 is 1.07 bits per heavy atom. The van der Waals surface area contributed by atoms with Gasteiger partial charge in [-0.25, -0.2) is 0 Å². The van der Waals surface area contributed by atoms with Crippen LogP contribution in [-0.2, 0) is 0 Å². The zero-order chi connectivity index (χ0) is 20.6. The van der Waals surface area contributed by atoms with Crippen LogP contribution in [0.2, 0.25) is 0 Å². The highest BCUT2D eigenvalue weighted by Gasteiger charge is 2.18. The van der Waals surface area contributed by atoms with Gasteiger partial charge in [-0.05, 0) is 55.7 Å². The Labute approximate surface area is 180 Å². The van der Waals surface area contributed by atoms with E-state index in [4.69, 9.17) is 4.74 Å². The summed E-state index contributed by atoms with van der Waals surface area (Å²) in [7, 11) is 0. The van der Waals surface area contributed by atoms with Crippen molar-refractivity contribution in [2.24, 2.45) is 0 Å². The highest BCUT2D eigenvalue weighted by molar-refractivity contribution is 9.10. The monoisotopic (exact) mass is 458 g/mol. The summed E-state index contributed by atoms with van der Waals surface area (Å²) in [6.45, 7) is 2.56. The van der Waals surface area contributed by atoms with E-state index in [2.05, 4.69) is 26.6 Å². The second kappa shape index (κ2) is 10.4. The van der Waals surface area contributed by atoms with Crippen LogP contribution >= 0.6 is 15.9 Å². The highest BCUT2D eigenvalue weighted by atomic mass is 79.9. The summed E-state index contributed by atoms with van der Waals surface area (Å²) in [5.74, 6) is 0.170. The Bertz CT molecular complexity index is 863. The first-order valence-corrected chi connectivity index (χ1v) is 11.0. The van der Waals surface area contributed by atoms with Crippen molar-refractivity contribution in [2.45, 2.75) is 51.5 Å². The maximum atomic E-state index is 12.8. The van der Waals surface area contributed by atoms with Crippen molar-refractivity contribution < 1.29 is 14.3 Å². The lowest BCUT2D eigenvalue weighted by molar-refractivity contribution is 0.0926. The lowest BCUT2D eigenvalue weighted by Gasteiger charge is -2.22. The molecule has 5 nitrogen and oxygen atoms in total. The molecule has 0 atom stereocenters. The molecule has 1 saturated carbocycles. The van der Waals surface area contributed by atoms with Crippen molar-refractivity contribution in [2.75, 3.05) is 11.9 Å². The first-order chi connectivity index (χ1) is 14.1. The standard InChI is InChI=1S/C23H27BrN2O3/c1-2-13-29-21-12-11-17(24)15-20(21)23(28)26-19-10-6-7-16(14-19)22(27)25-18-8-4-3-5-9-18/h6-7,10-12,14-15,18H,2-5,8-9,13H2,1H3,(H,25,27)(H,26,28). The summed E-state index contributed by atoms with van der Waals surface area (Å²) in [5.41, 5.74) is 1.57. The van der Waals surface area contributed by atoms with Crippen LogP contribution in [0.5, 0.6) is 5.75 Å². The fourth-order valence-electron chi connectivity index (χ4n) is 3.47. The normalized spacial score (nSPS) is 14.3. The third kappa shape index (κ3) is 6.07. The average molecular weight is 459 g/mol. The third-order valence-electron chi connectivity index (χ3n) is 4.97. The minimum absolute atomic E-state index is 0.0950. The van der Waals surface area contributed by atoms with Crippen LogP contribution in [0, 0.1) is 0 Å². The number of anilines is 1. The first-order valence-electron chi connectivity index (χ1n) is 10.2. The summed E-state index contributed by atoms with van der Waals surface area (Å²) in [6, 6.07) is 12.6. The van der Waals surface area contributed by atoms with Gasteiger partial charge >= 0.3 is 0 Å². The third-order valence-corrected chi connectivity index (χ3v) is 5.46. The van der Waals surface area contributed by atoms with Gasteiger partial charge in [-0.15, -0.1) is 0 Å². The molecule has 2 aromatic rings. The molecule has 29 heavy (non-hydrogen) atoms. The van der Waals surface area contributed by atoms with Gasteiger partial charge < -0.3 is 15.4 Å². The van der Waals surface area contributed by atoms with Crippen molar-refractivity contribution in [1.82, 2.24) is 5.32 Å². The molecule has 0 heterocycles. The number of rotatable bonds is 7. The van der Waals surface area contributed by atoms with Gasteiger partial charge in [0, 0.05) is 21.8 Å². The Hall–Kier alpha value is -2.34. The van der Waals surface area contributed by atoms with Crippen LogP contribution in [-0.4, -0.2) is 24.5 Å². The molecular formula is C23H27BrN2O3. The Morgan fingerprint density at radius 3 is 2.62 bits per heavy atom. The van der Waals surface area contributed by atoms with Crippen molar-refractivity contribution in [3.05, 3.63) is 58.1 Å². The van der Waals surface area contributed by atoms with E-state index < -0.39 is 0 Å². The van der Waals surface area contributed by atoms with Crippen molar-refractivity contribution in [3.8, 4) is 5.75 Å². The van der Waals surface area contributed by atoms with Gasteiger partial charge in [0.25, 0.3) is 11.8 Å². The van der Waals surface area contributed by atoms with Gasteiger partial charge in [-0.2, -0.15) is 0 Å². The summed E-state index contributed by atoms with van der Waals surface area (Å²) in [6.07, 6.45) is 6.49. The SMILES string of the molecule is CCCOc1ccc(Br)cc1C(=O)Nc1cccc(C(=O)NC2CCCCC2)c1. The van der Waals surface area contributed by atoms with E-state index in [1.54, 1.807) is 36.4 Å². The van der Waals surface area contributed by atoms with Crippen molar-refractivity contribution in [1.29, 1.82) is 0 Å². The summed E-state index contributed by atoms with van der Waals surface area (Å²) in [4.78, 5) is 25.4. The number of carbonyl (C=O) groups excluding carboxylic acids is 2. The first kappa shape index (κ1) is 21.4. The number of nitrogens with one attached hydrogen (secondary N) is 2. The van der Waals surface area contributed by atoms with Crippen LogP contribution in [0.3, 0.4) is 0 Å². The molecule has 1 fully saturated rings. The zero-order valence-electron chi connectivity index (χ0n) is 16.7. The highest BCUT2D eigenvalue weighted by Crippen LogP contribution is 2.25. The minimum Gasteiger partial charge on any atom is -0.493 e. The molecule has 0 aromatic heterocycles. The van der Waals surface area contributed by atoms with E-state index in [1.807, 2.05) is 13.0 Å². The largest absolute Gasteiger partial charge is 0.493 e. The Kier molecular flexibility index (Phi) is 7.69. The lowest BCUT2D eigenvalue weighted by Crippen LogP contribution is -2.36. The molecule has 0 radical (unpaired) electrons. The number of hydrogen-bond acceptors (Lipinski definition) is 3. The molecule has 1 aliphatic rings. The molecule has 2 aromatic carbocycles. The molecular weight excluding hydrogens is 432 g/mol. The van der Waals surface area contributed by atoms with Gasteiger partial charge in [0.05, 0.1) is 12.2 Å². The molecule has 0 aliphatic heterocycles. The maximum Gasteiger partial charge on any atom is 0.259 e. The topological polar surface area (TPSA) is 67.4 Å². The minimum atomic E-state index is -0.276. The van der Waals surface area contributed by atoms with Crippen LogP contribution in [0.4, 0.5) is 5.69 Å². The molecule has 154 valence electrons. The molecule has 6 heteroatoms. The van der Waals surface area contributed by atoms with E-state index in [-0.39, 0.29) is 17.9 Å². The van der Waals surface area contributed by atoms with Gasteiger partial charge in [0.15, 0.2) is 0 Å². The summed E-state index contributed by atoms with van der Waals surface area (Å²) >= 11 is 3.41. The van der Waals surface area contributed by atoms with E-state index in [9.17, 15) is 9.59 Å². The molecule has 2 amide bonds. The summed E-state index contributed by atoms with van der Waals surface area (Å²) in [5, 5.41) is 5.99. The number of ether oxygens (including phenoxy) is 1. The quantitative estimate of drug-likeness (QED) is 0.570.